The van der Waals surface area contributed by atoms with E-state index in [1.165, 1.54) is 11.8 Å². The molecule has 0 spiro atoms. The summed E-state index contributed by atoms with van der Waals surface area (Å²) in [6.45, 7) is 0.783. The Balaban J connectivity index is 2.54. The highest BCUT2D eigenvalue weighted by molar-refractivity contribution is 7.98. The van der Waals surface area contributed by atoms with E-state index in [4.69, 9.17) is 5.11 Å². The van der Waals surface area contributed by atoms with Crippen LogP contribution in [0.1, 0.15) is 19.3 Å². The maximum atomic E-state index is 12.1. The number of amides is 2. The van der Waals surface area contributed by atoms with Gasteiger partial charge >= 0.3 is 5.97 Å². The van der Waals surface area contributed by atoms with E-state index in [-0.39, 0.29) is 17.7 Å². The Labute approximate surface area is 139 Å². The molecule has 9 heteroatoms. The van der Waals surface area contributed by atoms with Gasteiger partial charge in [-0.25, -0.2) is 4.79 Å². The number of carboxylic acid groups (broad SMARTS) is 1. The summed E-state index contributed by atoms with van der Waals surface area (Å²) in [5.74, 6) is -1.11. The number of aliphatic carboxylic acids is 1. The number of thioether (sulfide) groups is 1. The number of carboxylic acids is 1. The van der Waals surface area contributed by atoms with Crippen molar-refractivity contribution in [1.29, 1.82) is 0 Å². The molecule has 126 valence electrons. The molecule has 3 unspecified atom stereocenters. The van der Waals surface area contributed by atoms with E-state index in [9.17, 15) is 14.4 Å². The molecule has 0 bridgehead atoms. The first-order valence-corrected chi connectivity index (χ1v) is 9.19. The largest absolute Gasteiger partial charge is 0.480 e. The maximum Gasteiger partial charge on any atom is 0.326 e. The normalized spacial score (nSPS) is 20.2. The molecule has 0 aromatic rings. The number of nitrogens with one attached hydrogen (secondary N) is 3. The van der Waals surface area contributed by atoms with Crippen LogP contribution in [0, 0.1) is 0 Å². The molecule has 2 amide bonds. The van der Waals surface area contributed by atoms with Crippen LogP contribution in [0.4, 0.5) is 0 Å². The summed E-state index contributed by atoms with van der Waals surface area (Å²) in [6, 6.07) is -2.08. The number of carbonyl (C=O) groups is 3. The van der Waals surface area contributed by atoms with Crippen LogP contribution in [0.15, 0.2) is 0 Å². The van der Waals surface area contributed by atoms with Gasteiger partial charge in [-0.1, -0.05) is 0 Å². The fourth-order valence-electron chi connectivity index (χ4n) is 2.14. The summed E-state index contributed by atoms with van der Waals surface area (Å²) in [6.07, 6.45) is 3.86. The van der Waals surface area contributed by atoms with E-state index in [0.717, 1.165) is 19.4 Å². The number of hydrogen-bond donors (Lipinski definition) is 5. The zero-order chi connectivity index (χ0) is 16.5. The quantitative estimate of drug-likeness (QED) is 0.359. The molecular formula is C13H23N3O4S2. The minimum atomic E-state index is -1.08. The van der Waals surface area contributed by atoms with Gasteiger partial charge in [0.05, 0.1) is 6.04 Å². The van der Waals surface area contributed by atoms with Gasteiger partial charge in [0.25, 0.3) is 0 Å². The van der Waals surface area contributed by atoms with Crippen molar-refractivity contribution in [2.45, 2.75) is 37.4 Å². The molecule has 1 heterocycles. The molecule has 1 fully saturated rings. The van der Waals surface area contributed by atoms with Gasteiger partial charge in [0.1, 0.15) is 12.1 Å². The van der Waals surface area contributed by atoms with E-state index in [2.05, 4.69) is 28.6 Å². The zero-order valence-electron chi connectivity index (χ0n) is 12.5. The van der Waals surface area contributed by atoms with Gasteiger partial charge in [-0.3, -0.25) is 9.59 Å². The van der Waals surface area contributed by atoms with E-state index in [0.29, 0.717) is 12.2 Å². The lowest BCUT2D eigenvalue weighted by atomic mass is 10.2. The van der Waals surface area contributed by atoms with Crippen molar-refractivity contribution in [2.24, 2.45) is 0 Å². The van der Waals surface area contributed by atoms with Crippen molar-refractivity contribution >= 4 is 42.2 Å². The lowest BCUT2D eigenvalue weighted by Gasteiger charge is -2.21. The minimum Gasteiger partial charge on any atom is -0.480 e. The highest BCUT2D eigenvalue weighted by Gasteiger charge is 2.28. The average molecular weight is 349 g/mol. The Morgan fingerprint density at radius 3 is 2.59 bits per heavy atom. The summed E-state index contributed by atoms with van der Waals surface area (Å²) >= 11 is 5.58. The van der Waals surface area contributed by atoms with Crippen molar-refractivity contribution in [3.05, 3.63) is 0 Å². The number of thiol groups is 1. The second-order valence-electron chi connectivity index (χ2n) is 5.07. The zero-order valence-corrected chi connectivity index (χ0v) is 14.2. The fraction of sp³-hybridized carbons (Fsp3) is 0.769. The van der Waals surface area contributed by atoms with Crippen LogP contribution < -0.4 is 16.0 Å². The molecule has 1 saturated heterocycles. The van der Waals surface area contributed by atoms with Gasteiger partial charge < -0.3 is 21.1 Å². The van der Waals surface area contributed by atoms with Crippen LogP contribution in [-0.4, -0.2) is 65.3 Å². The van der Waals surface area contributed by atoms with Crippen molar-refractivity contribution in [2.75, 3.05) is 24.3 Å². The van der Waals surface area contributed by atoms with Crippen molar-refractivity contribution in [1.82, 2.24) is 16.0 Å². The Morgan fingerprint density at radius 1 is 1.36 bits per heavy atom. The Hall–Kier alpha value is -0.930. The average Bonchev–Trinajstić information content (AvgIpc) is 3.02. The summed E-state index contributed by atoms with van der Waals surface area (Å²) in [5.41, 5.74) is 0. The van der Waals surface area contributed by atoms with Crippen LogP contribution >= 0.6 is 24.4 Å². The summed E-state index contributed by atoms with van der Waals surface area (Å²) in [5, 5.41) is 17.2. The molecule has 22 heavy (non-hydrogen) atoms. The molecule has 1 aliphatic rings. The lowest BCUT2D eigenvalue weighted by Crippen LogP contribution is -2.55. The fourth-order valence-corrected chi connectivity index (χ4v) is 2.87. The number of rotatable bonds is 9. The minimum absolute atomic E-state index is 0.110. The van der Waals surface area contributed by atoms with E-state index < -0.39 is 24.0 Å². The van der Waals surface area contributed by atoms with Crippen LogP contribution in [-0.2, 0) is 14.4 Å². The second kappa shape index (κ2) is 9.96. The first-order valence-electron chi connectivity index (χ1n) is 7.16. The molecule has 1 rings (SSSR count). The number of hydrogen-bond acceptors (Lipinski definition) is 6. The van der Waals surface area contributed by atoms with Crippen molar-refractivity contribution in [3.63, 3.8) is 0 Å². The highest BCUT2D eigenvalue weighted by Crippen LogP contribution is 2.06. The molecule has 0 aliphatic carbocycles. The van der Waals surface area contributed by atoms with Crippen molar-refractivity contribution in [3.8, 4) is 0 Å². The molecule has 3 atom stereocenters. The van der Waals surface area contributed by atoms with E-state index in [1.807, 2.05) is 6.26 Å². The topological polar surface area (TPSA) is 108 Å². The van der Waals surface area contributed by atoms with Crippen LogP contribution in [0.3, 0.4) is 0 Å². The summed E-state index contributed by atoms with van der Waals surface area (Å²) in [4.78, 5) is 35.3. The third kappa shape index (κ3) is 6.05. The molecule has 0 radical (unpaired) electrons. The van der Waals surface area contributed by atoms with Gasteiger partial charge in [0, 0.05) is 5.75 Å². The first kappa shape index (κ1) is 19.1. The molecular weight excluding hydrogens is 326 g/mol. The highest BCUT2D eigenvalue weighted by atomic mass is 32.2. The maximum absolute atomic E-state index is 12.1. The Bertz CT molecular complexity index is 403. The van der Waals surface area contributed by atoms with Gasteiger partial charge in [0.15, 0.2) is 0 Å². The monoisotopic (exact) mass is 349 g/mol. The Kier molecular flexibility index (Phi) is 8.66. The van der Waals surface area contributed by atoms with Gasteiger partial charge in [-0.15, -0.1) is 0 Å². The van der Waals surface area contributed by atoms with E-state index >= 15 is 0 Å². The summed E-state index contributed by atoms with van der Waals surface area (Å²) < 4.78 is 0. The molecule has 0 aromatic heterocycles. The van der Waals surface area contributed by atoms with Gasteiger partial charge in [-0.05, 0) is 37.8 Å². The smallest absolute Gasteiger partial charge is 0.326 e. The van der Waals surface area contributed by atoms with Crippen molar-refractivity contribution < 1.29 is 19.5 Å². The molecule has 4 N–H and O–H groups in total. The Morgan fingerprint density at radius 2 is 2.09 bits per heavy atom. The first-order chi connectivity index (χ1) is 10.5. The van der Waals surface area contributed by atoms with Crippen LogP contribution in [0.2, 0.25) is 0 Å². The third-order valence-corrected chi connectivity index (χ3v) is 4.43. The lowest BCUT2D eigenvalue weighted by molar-refractivity contribution is -0.142. The number of carbonyl (C=O) groups excluding carboxylic acids is 2. The van der Waals surface area contributed by atoms with Gasteiger partial charge in [-0.2, -0.15) is 24.4 Å². The summed E-state index contributed by atoms with van der Waals surface area (Å²) in [7, 11) is 0. The molecule has 7 nitrogen and oxygen atoms in total. The standard InChI is InChI=1S/C13H23N3O4S2/c1-22-6-4-9(13(19)20)15-12(18)10(7-21)16-11(17)8-3-2-5-14-8/h8-10,14,21H,2-7H2,1H3,(H,15,18)(H,16,17)(H,19,20). The molecule has 0 aromatic carbocycles. The van der Waals surface area contributed by atoms with Gasteiger partial charge in [0.2, 0.25) is 11.8 Å². The predicted molar refractivity (Wildman–Crippen MR) is 89.4 cm³/mol. The molecule has 0 saturated carbocycles. The van der Waals surface area contributed by atoms with Crippen LogP contribution in [0.5, 0.6) is 0 Å². The SMILES string of the molecule is CSCCC(NC(=O)C(CS)NC(=O)C1CCCN1)C(=O)O. The third-order valence-electron chi connectivity index (χ3n) is 3.42. The van der Waals surface area contributed by atoms with E-state index in [1.54, 1.807) is 0 Å². The predicted octanol–water partition coefficient (Wildman–Crippen LogP) is -0.524. The molecule has 1 aliphatic heterocycles. The second-order valence-corrected chi connectivity index (χ2v) is 6.42. The van der Waals surface area contributed by atoms with Crippen LogP contribution in [0.25, 0.3) is 0 Å².